The van der Waals surface area contributed by atoms with Crippen molar-refractivity contribution in [2.75, 3.05) is 11.4 Å². The third-order valence-corrected chi connectivity index (χ3v) is 8.10. The first kappa shape index (κ1) is 26.2. The zero-order valence-corrected chi connectivity index (χ0v) is 24.3. The van der Waals surface area contributed by atoms with Crippen molar-refractivity contribution in [2.45, 2.75) is 66.8 Å². The number of aromatic amines is 1. The van der Waals surface area contributed by atoms with Crippen molar-refractivity contribution in [3.63, 3.8) is 0 Å². The molecule has 3 aromatic heterocycles. The van der Waals surface area contributed by atoms with Gasteiger partial charge in [0, 0.05) is 30.5 Å². The van der Waals surface area contributed by atoms with E-state index in [1.165, 1.54) is 33.5 Å². The molecule has 6 nitrogen and oxygen atoms in total. The maximum absolute atomic E-state index is 5.22. The first-order valence-corrected chi connectivity index (χ1v) is 14.4. The van der Waals surface area contributed by atoms with Gasteiger partial charge in [-0.1, -0.05) is 45.0 Å². The summed E-state index contributed by atoms with van der Waals surface area (Å²) in [6.07, 6.45) is 5.95. The van der Waals surface area contributed by atoms with Crippen LogP contribution in [0.3, 0.4) is 0 Å². The molecule has 6 rings (SSSR count). The molecule has 204 valence electrons. The second kappa shape index (κ2) is 10.5. The first-order valence-electron chi connectivity index (χ1n) is 14.4. The van der Waals surface area contributed by atoms with Crippen LogP contribution in [-0.2, 0) is 19.4 Å². The summed E-state index contributed by atoms with van der Waals surface area (Å²) in [5.74, 6) is 2.73. The summed E-state index contributed by atoms with van der Waals surface area (Å²) >= 11 is 0. The molecule has 6 heteroatoms. The molecule has 0 fully saturated rings. The second-order valence-corrected chi connectivity index (χ2v) is 12.0. The highest BCUT2D eigenvalue weighted by Gasteiger charge is 2.31. The zero-order chi connectivity index (χ0) is 27.9. The third kappa shape index (κ3) is 5.23. The summed E-state index contributed by atoms with van der Waals surface area (Å²) < 4.78 is 0. The predicted molar refractivity (Wildman–Crippen MR) is 163 cm³/mol. The molecule has 0 unspecified atom stereocenters. The molecule has 0 aliphatic heterocycles. The van der Waals surface area contributed by atoms with Crippen molar-refractivity contribution < 1.29 is 0 Å². The van der Waals surface area contributed by atoms with E-state index in [1.54, 1.807) is 0 Å². The third-order valence-electron chi connectivity index (χ3n) is 8.10. The van der Waals surface area contributed by atoms with Gasteiger partial charge in [-0.2, -0.15) is 0 Å². The molecule has 0 atom stereocenters. The molecular formula is C34H38N6. The molecule has 1 N–H and O–H groups in total. The van der Waals surface area contributed by atoms with Gasteiger partial charge in [-0.15, -0.1) is 0 Å². The van der Waals surface area contributed by atoms with Crippen LogP contribution < -0.4 is 4.90 Å². The van der Waals surface area contributed by atoms with E-state index in [0.717, 1.165) is 73.0 Å². The monoisotopic (exact) mass is 530 g/mol. The topological polar surface area (TPSA) is 70.6 Å². The Morgan fingerprint density at radius 1 is 0.950 bits per heavy atom. The fraction of sp³-hybridized carbons (Fsp3) is 0.353. The number of nitrogens with one attached hydrogen (secondary N) is 1. The lowest BCUT2D eigenvalue weighted by atomic mass is 9.76. The quantitative estimate of drug-likeness (QED) is 0.234. The minimum absolute atomic E-state index is 0.231. The van der Waals surface area contributed by atoms with Gasteiger partial charge in [0.05, 0.1) is 11.0 Å². The molecule has 0 spiro atoms. The molecular weight excluding hydrogens is 492 g/mol. The number of nitrogens with zero attached hydrogens (tertiary/aromatic N) is 5. The lowest BCUT2D eigenvalue weighted by Gasteiger charge is -2.35. The number of anilines is 1. The summed E-state index contributed by atoms with van der Waals surface area (Å²) in [4.78, 5) is 25.3. The minimum atomic E-state index is 0.231. The van der Waals surface area contributed by atoms with Crippen LogP contribution in [0.15, 0.2) is 60.8 Å². The lowest BCUT2D eigenvalue weighted by molar-refractivity contribution is 0.311. The molecule has 1 aliphatic rings. The summed E-state index contributed by atoms with van der Waals surface area (Å²) in [7, 11) is 0. The van der Waals surface area contributed by atoms with Crippen LogP contribution in [0.2, 0.25) is 0 Å². The van der Waals surface area contributed by atoms with E-state index >= 15 is 0 Å². The van der Waals surface area contributed by atoms with Crippen LogP contribution >= 0.6 is 0 Å². The largest absolute Gasteiger partial charge is 0.352 e. The van der Waals surface area contributed by atoms with Gasteiger partial charge in [0.25, 0.3) is 0 Å². The lowest BCUT2D eigenvalue weighted by Crippen LogP contribution is -2.31. The highest BCUT2D eigenvalue weighted by atomic mass is 15.2. The molecule has 1 aliphatic carbocycles. The fourth-order valence-corrected chi connectivity index (χ4v) is 5.87. The number of benzene rings is 2. The Balaban J connectivity index is 1.41. The van der Waals surface area contributed by atoms with E-state index in [9.17, 15) is 0 Å². The summed E-state index contributed by atoms with van der Waals surface area (Å²) in [6, 6.07) is 19.2. The van der Waals surface area contributed by atoms with E-state index in [0.29, 0.717) is 0 Å². The maximum atomic E-state index is 5.22. The maximum Gasteiger partial charge on any atom is 0.180 e. The predicted octanol–water partition coefficient (Wildman–Crippen LogP) is 7.63. The summed E-state index contributed by atoms with van der Waals surface area (Å²) in [5.41, 5.74) is 10.6. The Hall–Kier alpha value is -4.06. The number of hydrogen-bond donors (Lipinski definition) is 1. The van der Waals surface area contributed by atoms with E-state index in [2.05, 4.69) is 83.9 Å². The van der Waals surface area contributed by atoms with Crippen LogP contribution in [-0.4, -0.2) is 31.5 Å². The smallest absolute Gasteiger partial charge is 0.180 e. The number of H-pyrrole nitrogens is 1. The Bertz CT molecular complexity index is 1670. The highest BCUT2D eigenvalue weighted by molar-refractivity contribution is 5.82. The Morgan fingerprint density at radius 3 is 2.58 bits per heavy atom. The van der Waals surface area contributed by atoms with E-state index < -0.39 is 0 Å². The highest BCUT2D eigenvalue weighted by Crippen LogP contribution is 2.39. The fourth-order valence-electron chi connectivity index (χ4n) is 5.87. The van der Waals surface area contributed by atoms with Gasteiger partial charge in [-0.05, 0) is 97.5 Å². The second-order valence-electron chi connectivity index (χ2n) is 12.0. The molecule has 2 aromatic carbocycles. The van der Waals surface area contributed by atoms with Crippen molar-refractivity contribution >= 4 is 16.9 Å². The molecule has 3 heterocycles. The molecule has 40 heavy (non-hydrogen) atoms. The van der Waals surface area contributed by atoms with E-state index in [4.69, 9.17) is 9.97 Å². The van der Waals surface area contributed by atoms with Crippen LogP contribution in [0, 0.1) is 19.3 Å². The van der Waals surface area contributed by atoms with Crippen LogP contribution in [0.1, 0.15) is 61.8 Å². The van der Waals surface area contributed by atoms with Crippen molar-refractivity contribution in [1.29, 1.82) is 0 Å². The minimum Gasteiger partial charge on any atom is -0.352 e. The van der Waals surface area contributed by atoms with Gasteiger partial charge in [0.1, 0.15) is 17.3 Å². The zero-order valence-electron chi connectivity index (χ0n) is 24.3. The normalized spacial score (nSPS) is 14.3. The van der Waals surface area contributed by atoms with Gasteiger partial charge < -0.3 is 9.88 Å². The van der Waals surface area contributed by atoms with Gasteiger partial charge in [-0.25, -0.2) is 15.0 Å². The standard InChI is InChI=1S/C34H38N6/c1-6-17-40(21-26-18-24(11-10-22(26)2)25-12-13-29-31(19-25)37-23(3)36-29)33-27-20-34(4,5)15-14-28(27)38-32(39-33)30-9-7-8-16-35-30/h7-13,16,18-19H,6,14-15,17,20-21H2,1-5H3,(H,36,37). The Labute approximate surface area is 237 Å². The molecule has 0 radical (unpaired) electrons. The van der Waals surface area contributed by atoms with Crippen molar-refractivity contribution in [3.05, 3.63) is 89.0 Å². The number of pyridine rings is 1. The van der Waals surface area contributed by atoms with Gasteiger partial charge >= 0.3 is 0 Å². The molecule has 0 saturated carbocycles. The molecule has 0 bridgehead atoms. The Kier molecular flexibility index (Phi) is 6.87. The number of aromatic nitrogens is 5. The molecule has 0 saturated heterocycles. The number of rotatable bonds is 7. The number of aryl methyl sites for hydroxylation is 3. The SMILES string of the molecule is CCCN(Cc1cc(-c2ccc3nc(C)[nH]c3c2)ccc1C)c1nc(-c2ccccn2)nc2c1CC(C)(C)CC2. The van der Waals surface area contributed by atoms with Crippen LogP contribution in [0.25, 0.3) is 33.7 Å². The summed E-state index contributed by atoms with van der Waals surface area (Å²) in [6.45, 7) is 12.9. The first-order chi connectivity index (χ1) is 19.3. The van der Waals surface area contributed by atoms with Crippen LogP contribution in [0.4, 0.5) is 5.82 Å². The van der Waals surface area contributed by atoms with E-state index in [1.807, 2.05) is 31.3 Å². The van der Waals surface area contributed by atoms with Crippen molar-refractivity contribution in [1.82, 2.24) is 24.9 Å². The Morgan fingerprint density at radius 2 is 1.77 bits per heavy atom. The molecule has 5 aromatic rings. The summed E-state index contributed by atoms with van der Waals surface area (Å²) in [5, 5.41) is 0. The van der Waals surface area contributed by atoms with Gasteiger partial charge in [0.2, 0.25) is 0 Å². The van der Waals surface area contributed by atoms with Crippen molar-refractivity contribution in [2.24, 2.45) is 5.41 Å². The number of hydrogen-bond acceptors (Lipinski definition) is 5. The van der Waals surface area contributed by atoms with Gasteiger partial charge in [0.15, 0.2) is 5.82 Å². The number of fused-ring (bicyclic) bond motifs is 2. The average molecular weight is 531 g/mol. The number of imidazole rings is 1. The molecule has 0 amide bonds. The van der Waals surface area contributed by atoms with Crippen LogP contribution in [0.5, 0.6) is 0 Å². The van der Waals surface area contributed by atoms with Gasteiger partial charge in [-0.3, -0.25) is 4.98 Å². The van der Waals surface area contributed by atoms with Crippen molar-refractivity contribution in [3.8, 4) is 22.6 Å². The average Bonchev–Trinajstić information content (AvgIpc) is 3.32. The van der Waals surface area contributed by atoms with E-state index in [-0.39, 0.29) is 5.41 Å².